The van der Waals surface area contributed by atoms with E-state index >= 15 is 0 Å². The predicted octanol–water partition coefficient (Wildman–Crippen LogP) is 9.15. The van der Waals surface area contributed by atoms with Crippen LogP contribution in [0.1, 0.15) is 118 Å². The van der Waals surface area contributed by atoms with Crippen LogP contribution in [-0.4, -0.2) is 17.3 Å². The third kappa shape index (κ3) is 10.7. The molecule has 3 heteroatoms. The lowest BCUT2D eigenvalue weighted by atomic mass is 9.72. The van der Waals surface area contributed by atoms with Crippen molar-refractivity contribution in [3.05, 3.63) is 69.8 Å². The molecule has 0 amide bonds. The molecular weight excluding hydrogens is 468 g/mol. The first-order chi connectivity index (χ1) is 18.0. The van der Waals surface area contributed by atoms with Gasteiger partial charge in [0.05, 0.1) is 6.42 Å². The van der Waals surface area contributed by atoms with Crippen molar-refractivity contribution in [3.63, 3.8) is 0 Å². The minimum absolute atomic E-state index is 0.0460. The van der Waals surface area contributed by atoms with Gasteiger partial charge < -0.3 is 0 Å². The van der Waals surface area contributed by atoms with E-state index in [0.717, 1.165) is 48.8 Å². The molecule has 3 unspecified atom stereocenters. The summed E-state index contributed by atoms with van der Waals surface area (Å²) in [5.41, 5.74) is 7.24. The van der Waals surface area contributed by atoms with E-state index in [2.05, 4.69) is 65.8 Å². The molecule has 1 aliphatic rings. The molecule has 2 aromatic carbocycles. The highest BCUT2D eigenvalue weighted by Crippen LogP contribution is 2.36. The van der Waals surface area contributed by atoms with E-state index in [9.17, 15) is 14.4 Å². The number of aryl methyl sites for hydroxylation is 4. The Bertz CT molecular complexity index is 1050. The zero-order chi connectivity index (χ0) is 28.8. The van der Waals surface area contributed by atoms with Crippen LogP contribution in [0.2, 0.25) is 0 Å². The Morgan fingerprint density at radius 3 is 2.08 bits per heavy atom. The standard InChI is InChI=1S/C23H32O3.C9H12.C3H8/c1-5-8-18(20(6-2)21(25)11-16(4)24)12-17-13-19-10-7-9-15(3)23(19)22(26)14-17;1-7-4-5-8(2)9(3)6-7;1-3-2/h7,9-10,17-18,20H,5-6,8,11-14H2,1-4H3;4-6H,1-3H3;3H2,1-2H3. The fraction of sp³-hybridized carbons (Fsp3) is 0.571. The van der Waals surface area contributed by atoms with E-state index < -0.39 is 0 Å². The van der Waals surface area contributed by atoms with E-state index in [1.807, 2.05) is 26.0 Å². The molecule has 3 nitrogen and oxygen atoms in total. The Balaban J connectivity index is 0.000000497. The number of ketones is 3. The Kier molecular flexibility index (Phi) is 15.1. The molecule has 0 N–H and O–H groups in total. The number of carbonyl (C=O) groups excluding carboxylic acids is 3. The smallest absolute Gasteiger partial charge is 0.163 e. The monoisotopic (exact) mass is 520 g/mol. The van der Waals surface area contributed by atoms with Crippen molar-refractivity contribution in [2.24, 2.45) is 17.8 Å². The SMILES string of the molecule is CCC.CCCC(CC1CC(=O)c2c(C)cccc2C1)C(CC)C(=O)CC(C)=O.Cc1ccc(C)c(C)c1. The van der Waals surface area contributed by atoms with Crippen LogP contribution in [0.5, 0.6) is 0 Å². The average Bonchev–Trinajstić information content (AvgIpc) is 2.82. The molecule has 1 aliphatic carbocycles. The van der Waals surface area contributed by atoms with Gasteiger partial charge in [0.15, 0.2) is 5.78 Å². The van der Waals surface area contributed by atoms with Crippen LogP contribution in [-0.2, 0) is 16.0 Å². The summed E-state index contributed by atoms with van der Waals surface area (Å²) in [6, 6.07) is 12.6. The fourth-order valence-electron chi connectivity index (χ4n) is 5.59. The van der Waals surface area contributed by atoms with Crippen LogP contribution in [0.25, 0.3) is 0 Å². The lowest BCUT2D eigenvalue weighted by Gasteiger charge is -2.31. The van der Waals surface area contributed by atoms with Crippen molar-refractivity contribution < 1.29 is 14.4 Å². The van der Waals surface area contributed by atoms with Crippen molar-refractivity contribution in [1.29, 1.82) is 0 Å². The molecule has 210 valence electrons. The predicted molar refractivity (Wildman–Crippen MR) is 161 cm³/mol. The maximum Gasteiger partial charge on any atom is 0.163 e. The number of fused-ring (bicyclic) bond motifs is 1. The van der Waals surface area contributed by atoms with Crippen LogP contribution in [0, 0.1) is 45.4 Å². The highest BCUT2D eigenvalue weighted by molar-refractivity contribution is 6.00. The van der Waals surface area contributed by atoms with E-state index in [0.29, 0.717) is 12.3 Å². The molecule has 0 saturated heterocycles. The number of hydrogen-bond acceptors (Lipinski definition) is 3. The normalized spacial score (nSPS) is 15.7. The van der Waals surface area contributed by atoms with Crippen molar-refractivity contribution >= 4 is 17.3 Å². The van der Waals surface area contributed by atoms with Gasteiger partial charge in [-0.1, -0.05) is 88.9 Å². The number of hydrogen-bond donors (Lipinski definition) is 0. The highest BCUT2D eigenvalue weighted by Gasteiger charge is 2.32. The lowest BCUT2D eigenvalue weighted by Crippen LogP contribution is -2.29. The first-order valence-corrected chi connectivity index (χ1v) is 14.7. The Hall–Kier alpha value is -2.55. The van der Waals surface area contributed by atoms with Crippen LogP contribution in [0.4, 0.5) is 0 Å². The highest BCUT2D eigenvalue weighted by atomic mass is 16.1. The third-order valence-electron chi connectivity index (χ3n) is 7.42. The molecule has 3 atom stereocenters. The van der Waals surface area contributed by atoms with Gasteiger partial charge in [-0.2, -0.15) is 0 Å². The first-order valence-electron chi connectivity index (χ1n) is 14.7. The molecule has 3 rings (SSSR count). The quantitative estimate of drug-likeness (QED) is 0.310. The van der Waals surface area contributed by atoms with Gasteiger partial charge in [0.1, 0.15) is 11.6 Å². The number of Topliss-reactive ketones (excluding diaryl/α,β-unsaturated/α-hetero) is 3. The topological polar surface area (TPSA) is 51.2 Å². The molecule has 0 heterocycles. The van der Waals surface area contributed by atoms with Crippen LogP contribution >= 0.6 is 0 Å². The molecule has 2 aromatic rings. The van der Waals surface area contributed by atoms with Gasteiger partial charge in [-0.15, -0.1) is 0 Å². The Labute approximate surface area is 232 Å². The molecule has 38 heavy (non-hydrogen) atoms. The second-order valence-electron chi connectivity index (χ2n) is 11.2. The van der Waals surface area contributed by atoms with Crippen molar-refractivity contribution in [3.8, 4) is 0 Å². The Morgan fingerprint density at radius 1 is 0.895 bits per heavy atom. The summed E-state index contributed by atoms with van der Waals surface area (Å²) in [5.74, 6) is 0.770. The van der Waals surface area contributed by atoms with Crippen molar-refractivity contribution in [2.75, 3.05) is 0 Å². The van der Waals surface area contributed by atoms with Crippen LogP contribution in [0.3, 0.4) is 0 Å². The van der Waals surface area contributed by atoms with Crippen LogP contribution < -0.4 is 0 Å². The molecule has 0 bridgehead atoms. The molecule has 0 spiro atoms. The zero-order valence-electron chi connectivity index (χ0n) is 25.6. The first kappa shape index (κ1) is 33.5. The van der Waals surface area contributed by atoms with Crippen LogP contribution in [0.15, 0.2) is 36.4 Å². The third-order valence-corrected chi connectivity index (χ3v) is 7.42. The summed E-state index contributed by atoms with van der Waals surface area (Å²) in [5, 5.41) is 0. The molecular formula is C35H52O3. The maximum atomic E-state index is 12.7. The fourth-order valence-corrected chi connectivity index (χ4v) is 5.59. The summed E-state index contributed by atoms with van der Waals surface area (Å²) in [7, 11) is 0. The molecule has 0 aromatic heterocycles. The minimum atomic E-state index is -0.0622. The van der Waals surface area contributed by atoms with Crippen molar-refractivity contribution in [1.82, 2.24) is 0 Å². The maximum absolute atomic E-state index is 12.7. The summed E-state index contributed by atoms with van der Waals surface area (Å²) in [6.07, 6.45) is 6.46. The van der Waals surface area contributed by atoms with Gasteiger partial charge >= 0.3 is 0 Å². The zero-order valence-corrected chi connectivity index (χ0v) is 25.6. The molecule has 0 saturated carbocycles. The minimum Gasteiger partial charge on any atom is -0.300 e. The van der Waals surface area contributed by atoms with E-state index in [4.69, 9.17) is 0 Å². The summed E-state index contributed by atoms with van der Waals surface area (Å²) in [6.45, 7) is 18.3. The molecule has 0 aliphatic heterocycles. The number of carbonyl (C=O) groups is 3. The summed E-state index contributed by atoms with van der Waals surface area (Å²) >= 11 is 0. The van der Waals surface area contributed by atoms with Gasteiger partial charge in [-0.25, -0.2) is 0 Å². The van der Waals surface area contributed by atoms with Crippen molar-refractivity contribution in [2.45, 2.75) is 114 Å². The van der Waals surface area contributed by atoms with Gasteiger partial charge in [0.2, 0.25) is 0 Å². The summed E-state index contributed by atoms with van der Waals surface area (Å²) in [4.78, 5) is 36.6. The second kappa shape index (κ2) is 17.1. The summed E-state index contributed by atoms with van der Waals surface area (Å²) < 4.78 is 0. The number of rotatable bonds is 9. The van der Waals surface area contributed by atoms with Gasteiger partial charge in [0.25, 0.3) is 0 Å². The Morgan fingerprint density at radius 2 is 1.55 bits per heavy atom. The van der Waals surface area contributed by atoms with Gasteiger partial charge in [0, 0.05) is 17.9 Å². The van der Waals surface area contributed by atoms with E-state index in [-0.39, 0.29) is 35.6 Å². The van der Waals surface area contributed by atoms with Gasteiger partial charge in [-0.3, -0.25) is 14.4 Å². The number of benzene rings is 2. The van der Waals surface area contributed by atoms with E-state index in [1.54, 1.807) is 0 Å². The largest absolute Gasteiger partial charge is 0.300 e. The second-order valence-corrected chi connectivity index (χ2v) is 11.2. The molecule has 0 radical (unpaired) electrons. The van der Waals surface area contributed by atoms with E-state index in [1.165, 1.54) is 30.0 Å². The van der Waals surface area contributed by atoms with Gasteiger partial charge in [-0.05, 0) is 88.0 Å². The average molecular weight is 521 g/mol. The molecule has 0 fully saturated rings. The lowest BCUT2D eigenvalue weighted by molar-refractivity contribution is -0.129.